The highest BCUT2D eigenvalue weighted by atomic mass is 79.9. The van der Waals surface area contributed by atoms with Gasteiger partial charge in [0, 0.05) is 15.4 Å². The molecule has 1 rings (SSSR count). The van der Waals surface area contributed by atoms with E-state index in [4.69, 9.17) is 5.73 Å². The largest absolute Gasteiger partial charge is 0.323 e. The lowest BCUT2D eigenvalue weighted by atomic mass is 10.0. The third kappa shape index (κ3) is 2.57. The molecule has 0 aliphatic heterocycles. The Hall–Kier alpha value is 0.140. The van der Waals surface area contributed by atoms with Crippen LogP contribution in [0.25, 0.3) is 0 Å². The van der Waals surface area contributed by atoms with Crippen molar-refractivity contribution in [2.75, 3.05) is 0 Å². The van der Waals surface area contributed by atoms with Crippen LogP contribution in [0.2, 0.25) is 0 Å². The molecule has 1 aromatic rings. The SMILES string of the molecule is CC(C)C[C@H](N)c1sccc1Br. The van der Waals surface area contributed by atoms with E-state index < -0.39 is 0 Å². The van der Waals surface area contributed by atoms with E-state index in [-0.39, 0.29) is 6.04 Å². The quantitative estimate of drug-likeness (QED) is 0.869. The number of thiophene rings is 1. The van der Waals surface area contributed by atoms with Crippen molar-refractivity contribution in [2.24, 2.45) is 11.7 Å². The van der Waals surface area contributed by atoms with Crippen LogP contribution in [0, 0.1) is 5.92 Å². The van der Waals surface area contributed by atoms with Gasteiger partial charge < -0.3 is 5.73 Å². The summed E-state index contributed by atoms with van der Waals surface area (Å²) >= 11 is 5.21. The van der Waals surface area contributed by atoms with Crippen molar-refractivity contribution in [1.82, 2.24) is 0 Å². The van der Waals surface area contributed by atoms with Crippen LogP contribution in [0.4, 0.5) is 0 Å². The minimum absolute atomic E-state index is 0.194. The molecule has 1 aromatic heterocycles. The standard InChI is InChI=1S/C9H14BrNS/c1-6(2)5-8(11)9-7(10)3-4-12-9/h3-4,6,8H,5,11H2,1-2H3/t8-/m0/s1. The fourth-order valence-electron chi connectivity index (χ4n) is 1.18. The summed E-state index contributed by atoms with van der Waals surface area (Å²) in [5, 5.41) is 2.07. The molecule has 68 valence electrons. The summed E-state index contributed by atoms with van der Waals surface area (Å²) in [6.07, 6.45) is 1.05. The molecule has 0 bridgehead atoms. The van der Waals surface area contributed by atoms with Crippen molar-refractivity contribution in [3.05, 3.63) is 20.8 Å². The topological polar surface area (TPSA) is 26.0 Å². The average molecular weight is 248 g/mol. The Kier molecular flexibility index (Phi) is 3.75. The molecule has 0 aliphatic carbocycles. The van der Waals surface area contributed by atoms with Crippen molar-refractivity contribution >= 4 is 27.3 Å². The molecule has 0 fully saturated rings. The second kappa shape index (κ2) is 4.40. The third-order valence-corrected chi connectivity index (χ3v) is 3.71. The minimum atomic E-state index is 0.194. The first kappa shape index (κ1) is 10.2. The molecule has 1 atom stereocenters. The second-order valence-corrected chi connectivity index (χ2v) is 5.17. The van der Waals surface area contributed by atoms with Gasteiger partial charge in [0.15, 0.2) is 0 Å². The van der Waals surface area contributed by atoms with Crippen LogP contribution in [-0.2, 0) is 0 Å². The van der Waals surface area contributed by atoms with Crippen molar-refractivity contribution in [2.45, 2.75) is 26.3 Å². The fourth-order valence-corrected chi connectivity index (χ4v) is 2.87. The molecular formula is C9H14BrNS. The lowest BCUT2D eigenvalue weighted by Gasteiger charge is -2.12. The molecule has 0 aliphatic rings. The maximum atomic E-state index is 6.02. The van der Waals surface area contributed by atoms with Crippen LogP contribution >= 0.6 is 27.3 Å². The Bertz CT molecular complexity index is 244. The Morgan fingerprint density at radius 3 is 2.67 bits per heavy atom. The van der Waals surface area contributed by atoms with E-state index in [1.807, 2.05) is 0 Å². The Labute approximate surface area is 86.1 Å². The number of hydrogen-bond acceptors (Lipinski definition) is 2. The molecule has 0 saturated carbocycles. The molecule has 1 nitrogen and oxygen atoms in total. The molecule has 12 heavy (non-hydrogen) atoms. The maximum absolute atomic E-state index is 6.02. The molecule has 0 amide bonds. The van der Waals surface area contributed by atoms with E-state index >= 15 is 0 Å². The summed E-state index contributed by atoms with van der Waals surface area (Å²) in [6, 6.07) is 2.25. The van der Waals surface area contributed by atoms with Gasteiger partial charge in [0.05, 0.1) is 0 Å². The second-order valence-electron chi connectivity index (χ2n) is 3.37. The average Bonchev–Trinajstić information content (AvgIpc) is 2.33. The molecule has 0 saturated heterocycles. The summed E-state index contributed by atoms with van der Waals surface area (Å²) in [4.78, 5) is 1.27. The van der Waals surface area contributed by atoms with Gasteiger partial charge in [-0.15, -0.1) is 11.3 Å². The van der Waals surface area contributed by atoms with Crippen LogP contribution in [0.15, 0.2) is 15.9 Å². The van der Waals surface area contributed by atoms with E-state index in [1.165, 1.54) is 4.88 Å². The molecule has 0 spiro atoms. The normalized spacial score (nSPS) is 13.8. The van der Waals surface area contributed by atoms with Crippen molar-refractivity contribution in [3.63, 3.8) is 0 Å². The molecule has 2 N–H and O–H groups in total. The Balaban J connectivity index is 2.65. The van der Waals surface area contributed by atoms with Gasteiger partial charge in [0.1, 0.15) is 0 Å². The lowest BCUT2D eigenvalue weighted by molar-refractivity contribution is 0.514. The summed E-state index contributed by atoms with van der Waals surface area (Å²) in [6.45, 7) is 4.39. The van der Waals surface area contributed by atoms with Gasteiger partial charge in [-0.05, 0) is 39.7 Å². The highest BCUT2D eigenvalue weighted by Crippen LogP contribution is 2.30. The van der Waals surface area contributed by atoms with E-state index in [2.05, 4.69) is 41.2 Å². The summed E-state index contributed by atoms with van der Waals surface area (Å²) < 4.78 is 1.15. The van der Waals surface area contributed by atoms with Crippen LogP contribution in [0.1, 0.15) is 31.2 Å². The first-order chi connectivity index (χ1) is 5.61. The molecule has 3 heteroatoms. The van der Waals surface area contributed by atoms with Crippen LogP contribution in [0.5, 0.6) is 0 Å². The van der Waals surface area contributed by atoms with Crippen molar-refractivity contribution in [1.29, 1.82) is 0 Å². The first-order valence-electron chi connectivity index (χ1n) is 4.09. The number of nitrogens with two attached hydrogens (primary N) is 1. The Morgan fingerprint density at radius 2 is 2.25 bits per heavy atom. The van der Waals surface area contributed by atoms with Gasteiger partial charge in [-0.1, -0.05) is 13.8 Å². The van der Waals surface area contributed by atoms with Gasteiger partial charge in [-0.3, -0.25) is 0 Å². The van der Waals surface area contributed by atoms with Crippen LogP contribution in [-0.4, -0.2) is 0 Å². The predicted octanol–water partition coefficient (Wildman–Crippen LogP) is 3.56. The van der Waals surface area contributed by atoms with Gasteiger partial charge in [0.25, 0.3) is 0 Å². The summed E-state index contributed by atoms with van der Waals surface area (Å²) in [5.74, 6) is 0.661. The van der Waals surface area contributed by atoms with Crippen LogP contribution < -0.4 is 5.73 Å². The van der Waals surface area contributed by atoms with Gasteiger partial charge in [-0.25, -0.2) is 0 Å². The van der Waals surface area contributed by atoms with E-state index in [0.29, 0.717) is 5.92 Å². The van der Waals surface area contributed by atoms with E-state index in [1.54, 1.807) is 11.3 Å². The first-order valence-corrected chi connectivity index (χ1v) is 5.77. The molecular weight excluding hydrogens is 234 g/mol. The highest BCUT2D eigenvalue weighted by Gasteiger charge is 2.12. The Morgan fingerprint density at radius 1 is 1.58 bits per heavy atom. The smallest absolute Gasteiger partial charge is 0.0403 e. The zero-order valence-corrected chi connectivity index (χ0v) is 9.78. The highest BCUT2D eigenvalue weighted by molar-refractivity contribution is 9.10. The fraction of sp³-hybridized carbons (Fsp3) is 0.556. The maximum Gasteiger partial charge on any atom is 0.0403 e. The van der Waals surface area contributed by atoms with Crippen LogP contribution in [0.3, 0.4) is 0 Å². The minimum Gasteiger partial charge on any atom is -0.323 e. The summed E-state index contributed by atoms with van der Waals surface area (Å²) in [5.41, 5.74) is 6.02. The predicted molar refractivity (Wildman–Crippen MR) is 58.4 cm³/mol. The molecule has 0 aromatic carbocycles. The zero-order valence-electron chi connectivity index (χ0n) is 7.38. The molecule has 1 heterocycles. The van der Waals surface area contributed by atoms with E-state index in [0.717, 1.165) is 10.9 Å². The number of rotatable bonds is 3. The summed E-state index contributed by atoms with van der Waals surface area (Å²) in [7, 11) is 0. The van der Waals surface area contributed by atoms with Crippen molar-refractivity contribution in [3.8, 4) is 0 Å². The monoisotopic (exact) mass is 247 g/mol. The van der Waals surface area contributed by atoms with Gasteiger partial charge in [-0.2, -0.15) is 0 Å². The molecule has 0 radical (unpaired) electrons. The van der Waals surface area contributed by atoms with Crippen molar-refractivity contribution < 1.29 is 0 Å². The zero-order chi connectivity index (χ0) is 9.14. The van der Waals surface area contributed by atoms with E-state index in [9.17, 15) is 0 Å². The van der Waals surface area contributed by atoms with Gasteiger partial charge >= 0.3 is 0 Å². The molecule has 0 unspecified atom stereocenters. The number of halogens is 1. The number of hydrogen-bond donors (Lipinski definition) is 1. The lowest BCUT2D eigenvalue weighted by Crippen LogP contribution is -2.11. The third-order valence-electron chi connectivity index (χ3n) is 1.71. The van der Waals surface area contributed by atoms with Gasteiger partial charge in [0.2, 0.25) is 0 Å².